The minimum atomic E-state index is 0.340. The third-order valence-corrected chi connectivity index (χ3v) is 4.17. The van der Waals surface area contributed by atoms with Crippen LogP contribution in [0, 0.1) is 0 Å². The number of benzene rings is 1. The fourth-order valence-electron chi connectivity index (χ4n) is 2.00. The first-order valence-electron chi connectivity index (χ1n) is 6.46. The Balaban J connectivity index is 2.20. The van der Waals surface area contributed by atoms with E-state index in [9.17, 15) is 4.79 Å². The quantitative estimate of drug-likeness (QED) is 0.736. The van der Waals surface area contributed by atoms with Crippen molar-refractivity contribution in [2.75, 3.05) is 26.2 Å². The summed E-state index contributed by atoms with van der Waals surface area (Å²) in [5.74, 6) is 0.841. The minimum Gasteiger partial charge on any atom is -0.496 e. The third-order valence-electron chi connectivity index (χ3n) is 3.03. The number of rotatable bonds is 7. The normalized spacial score (nSPS) is 10.4. The molecule has 0 saturated carbocycles. The number of methoxy groups -OCH3 is 2. The Kier molecular flexibility index (Phi) is 5.30. The molecule has 0 unspecified atom stereocenters. The van der Waals surface area contributed by atoms with Gasteiger partial charge in [-0.15, -0.1) is 0 Å². The molecule has 0 spiro atoms. The van der Waals surface area contributed by atoms with Crippen LogP contribution in [0.2, 0.25) is 0 Å². The number of hydrogen-bond acceptors (Lipinski definition) is 6. The highest BCUT2D eigenvalue weighted by Gasteiger charge is 2.14. The number of carbonyl (C=O) groups excluding carboxylic acids is 1. The van der Waals surface area contributed by atoms with Crippen molar-refractivity contribution in [2.24, 2.45) is 0 Å². The van der Waals surface area contributed by atoms with Crippen molar-refractivity contribution in [3.05, 3.63) is 40.4 Å². The van der Waals surface area contributed by atoms with Crippen LogP contribution >= 0.6 is 11.3 Å². The van der Waals surface area contributed by atoms with Gasteiger partial charge < -0.3 is 14.4 Å². The second kappa shape index (κ2) is 7.19. The lowest BCUT2D eigenvalue weighted by Crippen LogP contribution is -2.16. The topological polar surface area (TPSA) is 51.7 Å². The Labute approximate surface area is 128 Å². The minimum absolute atomic E-state index is 0.340. The van der Waals surface area contributed by atoms with Gasteiger partial charge in [0, 0.05) is 26.3 Å². The number of anilines is 1. The van der Waals surface area contributed by atoms with E-state index in [0.717, 1.165) is 22.7 Å². The molecule has 1 heterocycles. The van der Waals surface area contributed by atoms with E-state index in [1.165, 1.54) is 11.3 Å². The summed E-state index contributed by atoms with van der Waals surface area (Å²) in [6.07, 6.45) is 0.826. The Morgan fingerprint density at radius 3 is 2.76 bits per heavy atom. The largest absolute Gasteiger partial charge is 0.496 e. The van der Waals surface area contributed by atoms with Gasteiger partial charge in [0.25, 0.3) is 0 Å². The van der Waals surface area contributed by atoms with E-state index in [1.54, 1.807) is 14.2 Å². The lowest BCUT2D eigenvalue weighted by molar-refractivity contribution is 0.112. The average Bonchev–Trinajstić information content (AvgIpc) is 2.91. The molecule has 21 heavy (non-hydrogen) atoms. The summed E-state index contributed by atoms with van der Waals surface area (Å²) < 4.78 is 10.4. The van der Waals surface area contributed by atoms with Crippen molar-refractivity contribution >= 4 is 22.8 Å². The highest BCUT2D eigenvalue weighted by Crippen LogP contribution is 2.27. The molecule has 1 aromatic heterocycles. The molecule has 5 nitrogen and oxygen atoms in total. The van der Waals surface area contributed by atoms with E-state index in [-0.39, 0.29) is 0 Å². The lowest BCUT2D eigenvalue weighted by atomic mass is 10.2. The number of carbonyl (C=O) groups is 1. The number of aromatic nitrogens is 1. The molecule has 0 aliphatic heterocycles. The molecule has 2 aromatic rings. The van der Waals surface area contributed by atoms with Crippen molar-refractivity contribution in [3.8, 4) is 5.75 Å². The van der Waals surface area contributed by atoms with E-state index in [2.05, 4.69) is 4.98 Å². The van der Waals surface area contributed by atoms with Gasteiger partial charge in [-0.3, -0.25) is 4.79 Å². The highest BCUT2D eigenvalue weighted by molar-refractivity contribution is 7.17. The van der Waals surface area contributed by atoms with Crippen LogP contribution in [-0.4, -0.2) is 32.5 Å². The van der Waals surface area contributed by atoms with Crippen molar-refractivity contribution in [1.29, 1.82) is 0 Å². The predicted molar refractivity (Wildman–Crippen MR) is 83.3 cm³/mol. The van der Waals surface area contributed by atoms with E-state index in [4.69, 9.17) is 9.47 Å². The average molecular weight is 306 g/mol. The van der Waals surface area contributed by atoms with E-state index >= 15 is 0 Å². The van der Waals surface area contributed by atoms with Crippen molar-refractivity contribution in [2.45, 2.75) is 13.2 Å². The molecule has 112 valence electrons. The van der Waals surface area contributed by atoms with E-state index in [1.807, 2.05) is 36.2 Å². The predicted octanol–water partition coefficient (Wildman–Crippen LogP) is 2.75. The van der Waals surface area contributed by atoms with Gasteiger partial charge in [0.2, 0.25) is 0 Å². The van der Waals surface area contributed by atoms with Gasteiger partial charge in [0.15, 0.2) is 11.4 Å². The van der Waals surface area contributed by atoms with Crippen LogP contribution in [0.25, 0.3) is 0 Å². The summed E-state index contributed by atoms with van der Waals surface area (Å²) in [7, 11) is 5.19. The van der Waals surface area contributed by atoms with Crippen molar-refractivity contribution in [1.82, 2.24) is 4.98 Å². The van der Waals surface area contributed by atoms with Gasteiger partial charge in [-0.2, -0.15) is 0 Å². The molecular formula is C15H18N2O3S. The lowest BCUT2D eigenvalue weighted by Gasteiger charge is -2.17. The summed E-state index contributed by atoms with van der Waals surface area (Å²) in [6.45, 7) is 0.995. The molecule has 0 fully saturated rings. The van der Waals surface area contributed by atoms with Gasteiger partial charge in [0.05, 0.1) is 24.3 Å². The maximum absolute atomic E-state index is 11.1. The first-order valence-corrected chi connectivity index (χ1v) is 7.28. The summed E-state index contributed by atoms with van der Waals surface area (Å²) in [6, 6.07) is 7.85. The molecule has 0 aliphatic rings. The zero-order chi connectivity index (χ0) is 15.2. The molecule has 0 radical (unpaired) electrons. The fraction of sp³-hybridized carbons (Fsp3) is 0.333. The number of para-hydroxylation sites is 1. The summed E-state index contributed by atoms with van der Waals surface area (Å²) in [5, 5.41) is 0.787. The Morgan fingerprint density at radius 2 is 2.10 bits per heavy atom. The molecule has 2 rings (SSSR count). The van der Waals surface area contributed by atoms with Crippen LogP contribution in [0.5, 0.6) is 5.75 Å². The SMILES string of the molecule is COCc1nc(N(C)Cc2ccccc2OC)sc1C=O. The standard InChI is InChI=1S/C15H18N2O3S/c1-17(8-11-6-4-5-7-13(11)20-3)15-16-12(10-19-2)14(9-18)21-15/h4-7,9H,8,10H2,1-3H3. The Bertz CT molecular complexity index is 613. The molecule has 6 heteroatoms. The van der Waals surface area contributed by atoms with Crippen LogP contribution in [0.4, 0.5) is 5.13 Å². The smallest absolute Gasteiger partial charge is 0.186 e. The third kappa shape index (κ3) is 3.59. The molecule has 1 aromatic carbocycles. The number of ether oxygens (including phenoxy) is 2. The van der Waals surface area contributed by atoms with Crippen LogP contribution in [-0.2, 0) is 17.9 Å². The number of hydrogen-bond donors (Lipinski definition) is 0. The van der Waals surface area contributed by atoms with E-state index < -0.39 is 0 Å². The molecule has 0 aliphatic carbocycles. The van der Waals surface area contributed by atoms with Crippen LogP contribution in [0.15, 0.2) is 24.3 Å². The van der Waals surface area contributed by atoms with E-state index in [0.29, 0.717) is 23.7 Å². The zero-order valence-electron chi connectivity index (χ0n) is 12.3. The first kappa shape index (κ1) is 15.5. The van der Waals surface area contributed by atoms with Crippen LogP contribution in [0.1, 0.15) is 20.9 Å². The maximum atomic E-state index is 11.1. The van der Waals surface area contributed by atoms with Gasteiger partial charge >= 0.3 is 0 Å². The second-order valence-electron chi connectivity index (χ2n) is 4.53. The van der Waals surface area contributed by atoms with Gasteiger partial charge in [0.1, 0.15) is 5.75 Å². The molecule has 0 saturated heterocycles. The Morgan fingerprint density at radius 1 is 1.33 bits per heavy atom. The monoisotopic (exact) mass is 306 g/mol. The van der Waals surface area contributed by atoms with Crippen molar-refractivity contribution < 1.29 is 14.3 Å². The number of thiazole rings is 1. The number of aldehydes is 1. The second-order valence-corrected chi connectivity index (χ2v) is 5.54. The van der Waals surface area contributed by atoms with Crippen LogP contribution < -0.4 is 9.64 Å². The molecular weight excluding hydrogens is 288 g/mol. The molecule has 0 bridgehead atoms. The summed E-state index contributed by atoms with van der Waals surface area (Å²) in [5.41, 5.74) is 1.75. The van der Waals surface area contributed by atoms with Gasteiger partial charge in [-0.25, -0.2) is 4.98 Å². The summed E-state index contributed by atoms with van der Waals surface area (Å²) in [4.78, 5) is 18.1. The maximum Gasteiger partial charge on any atom is 0.186 e. The molecule has 0 amide bonds. The molecule has 0 atom stereocenters. The highest BCUT2D eigenvalue weighted by atomic mass is 32.1. The zero-order valence-corrected chi connectivity index (χ0v) is 13.1. The molecule has 0 N–H and O–H groups in total. The van der Waals surface area contributed by atoms with Crippen LogP contribution in [0.3, 0.4) is 0 Å². The fourth-order valence-corrected chi connectivity index (χ4v) is 2.85. The number of nitrogens with zero attached hydrogens (tertiary/aromatic N) is 2. The van der Waals surface area contributed by atoms with Gasteiger partial charge in [-0.05, 0) is 6.07 Å². The van der Waals surface area contributed by atoms with Crippen molar-refractivity contribution in [3.63, 3.8) is 0 Å². The first-order chi connectivity index (χ1) is 10.2. The summed E-state index contributed by atoms with van der Waals surface area (Å²) >= 11 is 1.37. The van der Waals surface area contributed by atoms with Gasteiger partial charge in [-0.1, -0.05) is 29.5 Å². The Hall–Kier alpha value is -1.92.